The molecule has 0 unspecified atom stereocenters. The van der Waals surface area contributed by atoms with E-state index < -0.39 is 0 Å². The van der Waals surface area contributed by atoms with E-state index in [9.17, 15) is 0 Å². The number of hydrogen-bond donors (Lipinski definition) is 1. The fraction of sp³-hybridized carbons (Fsp3) is 0.636. The number of aromatic nitrogens is 2. The Bertz CT molecular complexity index is 293. The molecule has 4 nitrogen and oxygen atoms in total. The highest BCUT2D eigenvalue weighted by molar-refractivity contribution is 5.13. The normalized spacial score (nSPS) is 17.7. The second kappa shape index (κ2) is 5.07. The molecule has 1 saturated carbocycles. The van der Waals surface area contributed by atoms with Crippen LogP contribution in [-0.2, 0) is 0 Å². The zero-order valence-corrected chi connectivity index (χ0v) is 8.85. The summed E-state index contributed by atoms with van der Waals surface area (Å²) in [4.78, 5) is 8.66. The van der Waals surface area contributed by atoms with Gasteiger partial charge in [-0.25, -0.2) is 9.97 Å². The van der Waals surface area contributed by atoms with Crippen LogP contribution in [0, 0.1) is 0 Å². The molecule has 82 valence electrons. The van der Waals surface area contributed by atoms with Gasteiger partial charge in [-0.15, -0.1) is 0 Å². The summed E-state index contributed by atoms with van der Waals surface area (Å²) >= 11 is 0. The molecular formula is C11H17N3O. The van der Waals surface area contributed by atoms with E-state index in [1.54, 1.807) is 12.4 Å². The van der Waals surface area contributed by atoms with Crippen LogP contribution in [0.3, 0.4) is 0 Å². The number of nitrogens with zero attached hydrogens (tertiary/aromatic N) is 2. The molecule has 1 aromatic heterocycles. The van der Waals surface area contributed by atoms with Gasteiger partial charge in [-0.1, -0.05) is 19.3 Å². The largest absolute Gasteiger partial charge is 0.475 e. The van der Waals surface area contributed by atoms with Crippen LogP contribution in [0.25, 0.3) is 0 Å². The fourth-order valence-corrected chi connectivity index (χ4v) is 2.07. The van der Waals surface area contributed by atoms with Crippen molar-refractivity contribution in [3.05, 3.63) is 18.2 Å². The molecule has 1 aromatic rings. The molecule has 1 fully saturated rings. The van der Waals surface area contributed by atoms with Gasteiger partial charge in [0, 0.05) is 5.92 Å². The van der Waals surface area contributed by atoms with Crippen molar-refractivity contribution >= 4 is 0 Å². The monoisotopic (exact) mass is 207 g/mol. The maximum absolute atomic E-state index is 5.26. The second-order valence-corrected chi connectivity index (χ2v) is 3.92. The molecule has 0 spiro atoms. The van der Waals surface area contributed by atoms with Gasteiger partial charge in [0.2, 0.25) is 0 Å². The predicted octanol–water partition coefficient (Wildman–Crippen LogP) is 1.82. The number of hydrogen-bond acceptors (Lipinski definition) is 4. The van der Waals surface area contributed by atoms with Crippen LogP contribution in [0.2, 0.25) is 0 Å². The van der Waals surface area contributed by atoms with Gasteiger partial charge in [-0.05, 0) is 12.8 Å². The third-order valence-electron chi connectivity index (χ3n) is 2.87. The third kappa shape index (κ3) is 2.65. The van der Waals surface area contributed by atoms with Crippen LogP contribution >= 0.6 is 0 Å². The van der Waals surface area contributed by atoms with Gasteiger partial charge in [0.25, 0.3) is 0 Å². The molecule has 0 saturated heterocycles. The van der Waals surface area contributed by atoms with E-state index in [0.717, 1.165) is 5.82 Å². The molecule has 0 amide bonds. The van der Waals surface area contributed by atoms with Crippen molar-refractivity contribution in [1.82, 2.24) is 9.97 Å². The van der Waals surface area contributed by atoms with Crippen molar-refractivity contribution in [2.24, 2.45) is 5.73 Å². The third-order valence-corrected chi connectivity index (χ3v) is 2.87. The van der Waals surface area contributed by atoms with Gasteiger partial charge in [-0.2, -0.15) is 0 Å². The van der Waals surface area contributed by atoms with Crippen LogP contribution in [-0.4, -0.2) is 16.7 Å². The van der Waals surface area contributed by atoms with E-state index in [2.05, 4.69) is 9.97 Å². The average Bonchev–Trinajstić information content (AvgIpc) is 2.32. The van der Waals surface area contributed by atoms with Crippen molar-refractivity contribution in [1.29, 1.82) is 0 Å². The van der Waals surface area contributed by atoms with Crippen molar-refractivity contribution in [2.45, 2.75) is 38.0 Å². The first-order valence-electron chi connectivity index (χ1n) is 5.55. The fourth-order valence-electron chi connectivity index (χ4n) is 2.07. The Labute approximate surface area is 89.9 Å². The highest BCUT2D eigenvalue weighted by Crippen LogP contribution is 2.30. The standard InChI is InChI=1S/C11H17N3O/c12-8-15-10-6-13-11(14-7-10)9-4-2-1-3-5-9/h6-7,9H,1-5,8,12H2. The Morgan fingerprint density at radius 2 is 1.87 bits per heavy atom. The molecule has 0 aliphatic heterocycles. The minimum Gasteiger partial charge on any atom is -0.475 e. The van der Waals surface area contributed by atoms with Crippen molar-refractivity contribution in [3.63, 3.8) is 0 Å². The summed E-state index contributed by atoms with van der Waals surface area (Å²) in [5, 5.41) is 0. The van der Waals surface area contributed by atoms with E-state index in [4.69, 9.17) is 10.5 Å². The topological polar surface area (TPSA) is 61.0 Å². The highest BCUT2D eigenvalue weighted by atomic mass is 16.5. The summed E-state index contributed by atoms with van der Waals surface area (Å²) in [6.07, 6.45) is 9.82. The van der Waals surface area contributed by atoms with Crippen LogP contribution in [0.4, 0.5) is 0 Å². The zero-order chi connectivity index (χ0) is 10.5. The minimum absolute atomic E-state index is 0.173. The molecule has 2 N–H and O–H groups in total. The van der Waals surface area contributed by atoms with Crippen molar-refractivity contribution < 1.29 is 4.74 Å². The molecule has 1 aliphatic carbocycles. The first-order valence-corrected chi connectivity index (χ1v) is 5.55. The SMILES string of the molecule is NCOc1cnc(C2CCCCC2)nc1. The van der Waals surface area contributed by atoms with Crippen LogP contribution in [0.1, 0.15) is 43.8 Å². The van der Waals surface area contributed by atoms with E-state index in [0.29, 0.717) is 11.7 Å². The Kier molecular flexibility index (Phi) is 3.50. The second-order valence-electron chi connectivity index (χ2n) is 3.92. The van der Waals surface area contributed by atoms with Gasteiger partial charge < -0.3 is 4.74 Å². The quantitative estimate of drug-likeness (QED) is 0.768. The van der Waals surface area contributed by atoms with E-state index in [1.807, 2.05) is 0 Å². The molecular weight excluding hydrogens is 190 g/mol. The average molecular weight is 207 g/mol. The van der Waals surface area contributed by atoms with Gasteiger partial charge in [-0.3, -0.25) is 5.73 Å². The predicted molar refractivity (Wildman–Crippen MR) is 57.5 cm³/mol. The van der Waals surface area contributed by atoms with Crippen molar-refractivity contribution in [2.75, 3.05) is 6.73 Å². The van der Waals surface area contributed by atoms with E-state index >= 15 is 0 Å². The number of nitrogens with two attached hydrogens (primary N) is 1. The maximum Gasteiger partial charge on any atom is 0.157 e. The van der Waals surface area contributed by atoms with Gasteiger partial charge >= 0.3 is 0 Å². The molecule has 1 heterocycles. The molecule has 0 aromatic carbocycles. The molecule has 1 aliphatic rings. The Morgan fingerprint density at radius 3 is 2.47 bits per heavy atom. The van der Waals surface area contributed by atoms with Crippen LogP contribution in [0.15, 0.2) is 12.4 Å². The van der Waals surface area contributed by atoms with E-state index in [-0.39, 0.29) is 6.73 Å². The summed E-state index contributed by atoms with van der Waals surface area (Å²) in [5.74, 6) is 2.15. The van der Waals surface area contributed by atoms with Gasteiger partial charge in [0.15, 0.2) is 5.75 Å². The van der Waals surface area contributed by atoms with Gasteiger partial charge in [0.1, 0.15) is 12.6 Å². The Hall–Kier alpha value is -1.16. The maximum atomic E-state index is 5.26. The molecule has 15 heavy (non-hydrogen) atoms. The van der Waals surface area contributed by atoms with E-state index in [1.165, 1.54) is 32.1 Å². The molecule has 4 heteroatoms. The first-order chi connectivity index (χ1) is 7.40. The summed E-state index contributed by atoms with van der Waals surface area (Å²) in [7, 11) is 0. The number of rotatable bonds is 3. The molecule has 0 bridgehead atoms. The lowest BCUT2D eigenvalue weighted by molar-refractivity contribution is 0.325. The lowest BCUT2D eigenvalue weighted by Gasteiger charge is -2.19. The summed E-state index contributed by atoms with van der Waals surface area (Å²) in [6, 6.07) is 0. The lowest BCUT2D eigenvalue weighted by Crippen LogP contribution is -2.10. The molecule has 2 rings (SSSR count). The Balaban J connectivity index is 2.02. The summed E-state index contributed by atoms with van der Waals surface area (Å²) in [6.45, 7) is 0.173. The molecule has 0 atom stereocenters. The summed E-state index contributed by atoms with van der Waals surface area (Å²) < 4.78 is 5.10. The van der Waals surface area contributed by atoms with Gasteiger partial charge in [0.05, 0.1) is 12.4 Å². The highest BCUT2D eigenvalue weighted by Gasteiger charge is 2.17. The first kappa shape index (κ1) is 10.4. The lowest BCUT2D eigenvalue weighted by atomic mass is 9.89. The molecule has 0 radical (unpaired) electrons. The zero-order valence-electron chi connectivity index (χ0n) is 8.85. The minimum atomic E-state index is 0.173. The Morgan fingerprint density at radius 1 is 1.20 bits per heavy atom. The van der Waals surface area contributed by atoms with Crippen LogP contribution in [0.5, 0.6) is 5.75 Å². The summed E-state index contributed by atoms with van der Waals surface area (Å²) in [5.41, 5.74) is 5.26. The van der Waals surface area contributed by atoms with Crippen molar-refractivity contribution in [3.8, 4) is 5.75 Å². The number of ether oxygens (including phenoxy) is 1. The smallest absolute Gasteiger partial charge is 0.157 e. The van der Waals surface area contributed by atoms with Crippen LogP contribution < -0.4 is 10.5 Å².